The highest BCUT2D eigenvalue weighted by molar-refractivity contribution is 5.94. The summed E-state index contributed by atoms with van der Waals surface area (Å²) >= 11 is 0. The van der Waals surface area contributed by atoms with Gasteiger partial charge in [0.2, 0.25) is 0 Å². The average molecular weight is 298 g/mol. The van der Waals surface area contributed by atoms with E-state index in [1.54, 1.807) is 12.1 Å². The van der Waals surface area contributed by atoms with Crippen molar-refractivity contribution in [3.8, 4) is 0 Å². The van der Waals surface area contributed by atoms with Gasteiger partial charge in [0, 0.05) is 31.2 Å². The summed E-state index contributed by atoms with van der Waals surface area (Å²) in [5.74, 6) is 0.000840. The third kappa shape index (κ3) is 4.41. The number of hydrogen-bond donors (Lipinski definition) is 3. The topological polar surface area (TPSA) is 75.4 Å². The molecule has 0 spiro atoms. The number of hydrogen-bond acceptors (Lipinski definition) is 3. The van der Waals surface area contributed by atoms with Gasteiger partial charge in [-0.1, -0.05) is 42.5 Å². The molecule has 0 fully saturated rings. The molecule has 22 heavy (non-hydrogen) atoms. The SMILES string of the molecule is NCc1ccc(C(=O)NCC(CCO)c2ccccc2)cc1. The first-order valence-corrected chi connectivity index (χ1v) is 7.47. The van der Waals surface area contributed by atoms with Crippen LogP contribution in [0.15, 0.2) is 54.6 Å². The van der Waals surface area contributed by atoms with Crippen LogP contribution in [0.1, 0.15) is 33.8 Å². The first kappa shape index (κ1) is 16.2. The molecule has 2 rings (SSSR count). The smallest absolute Gasteiger partial charge is 0.251 e. The Bertz CT molecular complexity index is 582. The van der Waals surface area contributed by atoms with Crippen LogP contribution in [0.5, 0.6) is 0 Å². The normalized spacial score (nSPS) is 11.9. The molecule has 1 amide bonds. The van der Waals surface area contributed by atoms with Gasteiger partial charge in [0.05, 0.1) is 0 Å². The summed E-state index contributed by atoms with van der Waals surface area (Å²) in [6.45, 7) is 1.07. The van der Waals surface area contributed by atoms with Gasteiger partial charge in [0.1, 0.15) is 0 Å². The van der Waals surface area contributed by atoms with Crippen molar-refractivity contribution < 1.29 is 9.90 Å². The molecule has 0 aliphatic heterocycles. The number of nitrogens with two attached hydrogens (primary N) is 1. The fourth-order valence-corrected chi connectivity index (χ4v) is 2.38. The van der Waals surface area contributed by atoms with E-state index in [9.17, 15) is 9.90 Å². The Kier molecular flexibility index (Phi) is 6.13. The summed E-state index contributed by atoms with van der Waals surface area (Å²) in [6, 6.07) is 17.2. The number of amides is 1. The molecular formula is C18H22N2O2. The summed E-state index contributed by atoms with van der Waals surface area (Å²) in [5.41, 5.74) is 8.29. The number of nitrogens with one attached hydrogen (secondary N) is 1. The molecule has 2 aromatic carbocycles. The molecule has 116 valence electrons. The number of carbonyl (C=O) groups is 1. The second-order valence-electron chi connectivity index (χ2n) is 5.23. The average Bonchev–Trinajstić information content (AvgIpc) is 2.59. The first-order valence-electron chi connectivity index (χ1n) is 7.47. The third-order valence-corrected chi connectivity index (χ3v) is 3.71. The Balaban J connectivity index is 1.97. The van der Waals surface area contributed by atoms with Crippen LogP contribution in [-0.2, 0) is 6.54 Å². The van der Waals surface area contributed by atoms with Crippen LogP contribution in [0.2, 0.25) is 0 Å². The van der Waals surface area contributed by atoms with E-state index in [4.69, 9.17) is 5.73 Å². The molecule has 0 saturated heterocycles. The molecule has 1 atom stereocenters. The number of aliphatic hydroxyl groups excluding tert-OH is 1. The van der Waals surface area contributed by atoms with Crippen molar-refractivity contribution >= 4 is 5.91 Å². The second kappa shape index (κ2) is 8.32. The lowest BCUT2D eigenvalue weighted by Crippen LogP contribution is -2.28. The van der Waals surface area contributed by atoms with Crippen molar-refractivity contribution in [3.63, 3.8) is 0 Å². The number of benzene rings is 2. The summed E-state index contributed by atoms with van der Waals surface area (Å²) < 4.78 is 0. The zero-order chi connectivity index (χ0) is 15.8. The fraction of sp³-hybridized carbons (Fsp3) is 0.278. The molecule has 2 aromatic rings. The zero-order valence-corrected chi connectivity index (χ0v) is 12.5. The van der Waals surface area contributed by atoms with Gasteiger partial charge in [-0.3, -0.25) is 4.79 Å². The Hall–Kier alpha value is -2.17. The lowest BCUT2D eigenvalue weighted by atomic mass is 9.96. The number of aliphatic hydroxyl groups is 1. The fourth-order valence-electron chi connectivity index (χ4n) is 2.38. The molecule has 4 N–H and O–H groups in total. The predicted molar refractivity (Wildman–Crippen MR) is 87.6 cm³/mol. The maximum atomic E-state index is 12.2. The minimum atomic E-state index is -0.109. The minimum Gasteiger partial charge on any atom is -0.396 e. The molecule has 0 radical (unpaired) electrons. The van der Waals surface area contributed by atoms with Gasteiger partial charge in [0.15, 0.2) is 0 Å². The summed E-state index contributed by atoms with van der Waals surface area (Å²) in [4.78, 5) is 12.2. The molecule has 1 unspecified atom stereocenters. The second-order valence-corrected chi connectivity index (χ2v) is 5.23. The summed E-state index contributed by atoms with van der Waals surface area (Å²) in [5, 5.41) is 12.2. The van der Waals surface area contributed by atoms with E-state index in [0.29, 0.717) is 25.1 Å². The molecule has 0 saturated carbocycles. The summed E-state index contributed by atoms with van der Waals surface area (Å²) in [7, 11) is 0. The lowest BCUT2D eigenvalue weighted by Gasteiger charge is -2.17. The van der Waals surface area contributed by atoms with E-state index in [2.05, 4.69) is 5.32 Å². The van der Waals surface area contributed by atoms with Gasteiger partial charge in [-0.15, -0.1) is 0 Å². The summed E-state index contributed by atoms with van der Waals surface area (Å²) in [6.07, 6.45) is 0.621. The van der Waals surface area contributed by atoms with Crippen molar-refractivity contribution in [2.24, 2.45) is 5.73 Å². The Morgan fingerprint density at radius 1 is 1.09 bits per heavy atom. The van der Waals surface area contributed by atoms with Gasteiger partial charge < -0.3 is 16.2 Å². The van der Waals surface area contributed by atoms with Crippen molar-refractivity contribution in [2.45, 2.75) is 18.9 Å². The Labute approximate surface area is 131 Å². The van der Waals surface area contributed by atoms with Crippen LogP contribution in [0.4, 0.5) is 0 Å². The van der Waals surface area contributed by atoms with Crippen LogP contribution in [0, 0.1) is 0 Å². The van der Waals surface area contributed by atoms with Gasteiger partial charge >= 0.3 is 0 Å². The van der Waals surface area contributed by atoms with Crippen molar-refractivity contribution in [2.75, 3.05) is 13.2 Å². The van der Waals surface area contributed by atoms with E-state index >= 15 is 0 Å². The third-order valence-electron chi connectivity index (χ3n) is 3.71. The molecule has 4 nitrogen and oxygen atoms in total. The lowest BCUT2D eigenvalue weighted by molar-refractivity contribution is 0.0949. The first-order chi connectivity index (χ1) is 10.7. The van der Waals surface area contributed by atoms with Gasteiger partial charge in [-0.25, -0.2) is 0 Å². The molecule has 0 aliphatic carbocycles. The van der Waals surface area contributed by atoms with Crippen molar-refractivity contribution in [1.29, 1.82) is 0 Å². The maximum Gasteiger partial charge on any atom is 0.251 e. The molecule has 4 heteroatoms. The van der Waals surface area contributed by atoms with E-state index in [1.807, 2.05) is 42.5 Å². The van der Waals surface area contributed by atoms with Crippen molar-refractivity contribution in [3.05, 3.63) is 71.3 Å². The highest BCUT2D eigenvalue weighted by atomic mass is 16.3. The highest BCUT2D eigenvalue weighted by Crippen LogP contribution is 2.18. The van der Waals surface area contributed by atoms with E-state index < -0.39 is 0 Å². The highest BCUT2D eigenvalue weighted by Gasteiger charge is 2.13. The standard InChI is InChI=1S/C18H22N2O2/c19-12-14-6-8-16(9-7-14)18(22)20-13-17(10-11-21)15-4-2-1-3-5-15/h1-9,17,21H,10-13,19H2,(H,20,22). The molecule has 0 bridgehead atoms. The van der Waals surface area contributed by atoms with E-state index in [1.165, 1.54) is 0 Å². The maximum absolute atomic E-state index is 12.2. The zero-order valence-electron chi connectivity index (χ0n) is 12.5. The van der Waals surface area contributed by atoms with Crippen LogP contribution in [0.3, 0.4) is 0 Å². The molecule has 0 aromatic heterocycles. The number of carbonyl (C=O) groups excluding carboxylic acids is 1. The van der Waals surface area contributed by atoms with Crippen molar-refractivity contribution in [1.82, 2.24) is 5.32 Å². The van der Waals surface area contributed by atoms with Crippen LogP contribution in [0.25, 0.3) is 0 Å². The largest absolute Gasteiger partial charge is 0.396 e. The Morgan fingerprint density at radius 2 is 1.77 bits per heavy atom. The monoisotopic (exact) mass is 298 g/mol. The van der Waals surface area contributed by atoms with Crippen LogP contribution < -0.4 is 11.1 Å². The van der Waals surface area contributed by atoms with Crippen LogP contribution in [-0.4, -0.2) is 24.2 Å². The van der Waals surface area contributed by atoms with Gasteiger partial charge in [0.25, 0.3) is 5.91 Å². The quantitative estimate of drug-likeness (QED) is 0.732. The van der Waals surface area contributed by atoms with Crippen LogP contribution >= 0.6 is 0 Å². The predicted octanol–water partition coefficient (Wildman–Crippen LogP) is 2.04. The van der Waals surface area contributed by atoms with E-state index in [0.717, 1.165) is 11.1 Å². The minimum absolute atomic E-state index is 0.0978. The molecular weight excluding hydrogens is 276 g/mol. The van der Waals surface area contributed by atoms with E-state index in [-0.39, 0.29) is 18.4 Å². The molecule has 0 aliphatic rings. The number of rotatable bonds is 7. The Morgan fingerprint density at radius 3 is 2.36 bits per heavy atom. The van der Waals surface area contributed by atoms with Gasteiger partial charge in [-0.2, -0.15) is 0 Å². The van der Waals surface area contributed by atoms with Gasteiger partial charge in [-0.05, 0) is 29.7 Å². The molecule has 0 heterocycles.